The molecule has 1 nitrogen and oxygen atoms in total. The fraction of sp³-hybridized carbons (Fsp3) is 0.500. The van der Waals surface area contributed by atoms with Gasteiger partial charge in [-0.25, -0.2) is 0 Å². The maximum absolute atomic E-state index is 6.46. The van der Waals surface area contributed by atoms with Gasteiger partial charge in [0.05, 0.1) is 7.55 Å². The summed E-state index contributed by atoms with van der Waals surface area (Å²) in [4.78, 5) is 4.69. The first-order valence-corrected chi connectivity index (χ1v) is 12.6. The predicted molar refractivity (Wildman–Crippen MR) is 72.7 cm³/mol. The molecule has 1 fully saturated rings. The maximum atomic E-state index is 6.46. The summed E-state index contributed by atoms with van der Waals surface area (Å²) in [6.45, 7) is 8.33. The first-order chi connectivity index (χ1) is 7.23. The van der Waals surface area contributed by atoms with Crippen LogP contribution >= 0.6 is 29.7 Å². The Labute approximate surface area is 122 Å². The van der Waals surface area contributed by atoms with Crippen LogP contribution in [0.4, 0.5) is 0 Å². The Kier molecular flexibility index (Phi) is 8.92. The van der Waals surface area contributed by atoms with Crippen molar-refractivity contribution in [2.45, 2.75) is 32.9 Å². The van der Waals surface area contributed by atoms with Gasteiger partial charge in [0.15, 0.2) is 0 Å². The second kappa shape index (κ2) is 8.04. The average molecular weight is 333 g/mol. The average Bonchev–Trinajstić information content (AvgIpc) is 2.51. The Morgan fingerprint density at radius 1 is 1.19 bits per heavy atom. The number of hydrogen-bond donors (Lipinski definition) is 0. The van der Waals surface area contributed by atoms with E-state index in [1.54, 1.807) is 0 Å². The van der Waals surface area contributed by atoms with E-state index in [9.17, 15) is 0 Å². The minimum atomic E-state index is -2.07. The summed E-state index contributed by atoms with van der Waals surface area (Å²) in [6, 6.07) is 0. The summed E-state index contributed by atoms with van der Waals surface area (Å²) in [5.41, 5.74) is 1.16. The van der Waals surface area contributed by atoms with E-state index in [1.165, 1.54) is 5.54 Å². The van der Waals surface area contributed by atoms with E-state index in [1.807, 2.05) is 12.8 Å². The molecule has 0 saturated heterocycles. The Morgan fingerprint density at radius 3 is 1.88 bits per heavy atom. The van der Waals surface area contributed by atoms with Crippen LogP contribution in [-0.2, 0) is 17.0 Å². The molecule has 0 aromatic rings. The monoisotopic (exact) mass is 331 g/mol. The van der Waals surface area contributed by atoms with Crippen LogP contribution in [0.2, 0.25) is 6.55 Å². The zero-order valence-corrected chi connectivity index (χ0v) is 14.7. The van der Waals surface area contributed by atoms with Crippen molar-refractivity contribution < 1.29 is 17.0 Å². The molecular formula is C10H16Cl3NSiTi-. The molecular weight excluding hydrogens is 316 g/mol. The zero-order chi connectivity index (χ0) is 12.8. The van der Waals surface area contributed by atoms with Crippen LogP contribution in [0.15, 0.2) is 0 Å². The Bertz CT molecular complexity index is 191. The van der Waals surface area contributed by atoms with E-state index in [-0.39, 0.29) is 5.54 Å². The molecule has 1 rings (SSSR count). The Balaban J connectivity index is 0.000000673. The van der Waals surface area contributed by atoms with Gasteiger partial charge in [-0.05, 0) is 31.2 Å². The SMILES string of the molecule is CC(C)(C)[N-][Si](C)(Cl)[C]1[CH][CH][CH][CH]1.[Cl][Ti][Cl]. The third kappa shape index (κ3) is 7.97. The second-order valence-electron chi connectivity index (χ2n) is 4.48. The van der Waals surface area contributed by atoms with Crippen molar-refractivity contribution in [2.75, 3.05) is 0 Å². The van der Waals surface area contributed by atoms with Crippen LogP contribution in [-0.4, -0.2) is 13.1 Å². The molecule has 91 valence electrons. The van der Waals surface area contributed by atoms with Crippen molar-refractivity contribution in [2.24, 2.45) is 0 Å². The topological polar surface area (TPSA) is 14.1 Å². The van der Waals surface area contributed by atoms with Gasteiger partial charge in [-0.2, -0.15) is 11.1 Å². The molecule has 1 saturated carbocycles. The fourth-order valence-corrected chi connectivity index (χ4v) is 4.70. The molecule has 0 amide bonds. The van der Waals surface area contributed by atoms with E-state index in [4.69, 9.17) is 29.7 Å². The summed E-state index contributed by atoms with van der Waals surface area (Å²) in [5.74, 6) is 0. The van der Waals surface area contributed by atoms with Crippen LogP contribution < -0.4 is 0 Å². The van der Waals surface area contributed by atoms with Crippen LogP contribution in [0.5, 0.6) is 0 Å². The molecule has 0 heterocycles. The van der Waals surface area contributed by atoms with Crippen molar-refractivity contribution in [3.05, 3.63) is 36.2 Å². The zero-order valence-electron chi connectivity index (χ0n) is 9.89. The van der Waals surface area contributed by atoms with Crippen LogP contribution in [0.1, 0.15) is 20.8 Å². The minimum absolute atomic E-state index is 0.0417. The molecule has 1 aliphatic rings. The van der Waals surface area contributed by atoms with Gasteiger partial charge in [-0.1, -0.05) is 27.3 Å². The normalized spacial score (nSPS) is 20.9. The van der Waals surface area contributed by atoms with Gasteiger partial charge in [0.2, 0.25) is 0 Å². The quantitative estimate of drug-likeness (QED) is 0.510. The van der Waals surface area contributed by atoms with Crippen molar-refractivity contribution in [1.29, 1.82) is 0 Å². The van der Waals surface area contributed by atoms with E-state index in [0.717, 1.165) is 0 Å². The molecule has 5 radical (unpaired) electrons. The molecule has 0 aromatic carbocycles. The van der Waals surface area contributed by atoms with Crippen LogP contribution in [0.3, 0.4) is 0 Å². The summed E-state index contributed by atoms with van der Waals surface area (Å²) in [6.07, 6.45) is 8.16. The number of nitrogens with zero attached hydrogens (tertiary/aromatic N) is 1. The van der Waals surface area contributed by atoms with E-state index < -0.39 is 24.6 Å². The molecule has 1 aliphatic carbocycles. The van der Waals surface area contributed by atoms with Gasteiger partial charge in [0.1, 0.15) is 0 Å². The van der Waals surface area contributed by atoms with E-state index >= 15 is 0 Å². The fourth-order valence-electron chi connectivity index (χ4n) is 1.37. The molecule has 0 aromatic heterocycles. The van der Waals surface area contributed by atoms with Gasteiger partial charge in [-0.3, -0.25) is 0 Å². The first kappa shape index (κ1) is 17.8. The number of rotatable bonds is 2. The van der Waals surface area contributed by atoms with Gasteiger partial charge < -0.3 is 4.98 Å². The van der Waals surface area contributed by atoms with Gasteiger partial charge in [0.25, 0.3) is 0 Å². The van der Waals surface area contributed by atoms with Crippen LogP contribution in [0.25, 0.3) is 4.98 Å². The predicted octanol–water partition coefficient (Wildman–Crippen LogP) is 4.79. The molecule has 16 heavy (non-hydrogen) atoms. The molecule has 0 spiro atoms. The molecule has 1 unspecified atom stereocenters. The first-order valence-electron chi connectivity index (χ1n) is 4.84. The van der Waals surface area contributed by atoms with Gasteiger partial charge in [0, 0.05) is 0 Å². The summed E-state index contributed by atoms with van der Waals surface area (Å²) in [7, 11) is 7.71. The van der Waals surface area contributed by atoms with Crippen molar-refractivity contribution in [1.82, 2.24) is 0 Å². The van der Waals surface area contributed by atoms with Crippen LogP contribution in [0, 0.1) is 31.2 Å². The molecule has 1 atom stereocenters. The van der Waals surface area contributed by atoms with E-state index in [2.05, 4.69) is 45.1 Å². The third-order valence-electron chi connectivity index (χ3n) is 1.73. The summed E-state index contributed by atoms with van der Waals surface area (Å²) < 4.78 is 0. The molecule has 0 aliphatic heterocycles. The number of hydrogen-bond acceptors (Lipinski definition) is 0. The van der Waals surface area contributed by atoms with Gasteiger partial charge in [-0.15, -0.1) is 5.54 Å². The summed E-state index contributed by atoms with van der Waals surface area (Å²) >= 11 is 5.90. The van der Waals surface area contributed by atoms with E-state index in [0.29, 0.717) is 0 Å². The Morgan fingerprint density at radius 2 is 1.56 bits per heavy atom. The Hall–Kier alpha value is 1.76. The van der Waals surface area contributed by atoms with Crippen molar-refractivity contribution in [3.8, 4) is 0 Å². The van der Waals surface area contributed by atoms with Gasteiger partial charge >= 0.3 is 35.6 Å². The summed E-state index contributed by atoms with van der Waals surface area (Å²) in [5, 5.41) is 0. The molecule has 0 bridgehead atoms. The molecule has 0 N–H and O–H groups in total. The van der Waals surface area contributed by atoms with Crippen molar-refractivity contribution in [3.63, 3.8) is 0 Å². The standard InChI is InChI=1S/C10H16ClNSi.2ClH.Ti/c1-10(2,3)12-13(4,11)9-7-5-6-8-9;;;/h5-8H,1-4H3;2*1H;/q-1;;;+2/p-2. The third-order valence-corrected chi connectivity index (χ3v) is 5.12. The number of halogens is 3. The molecule has 6 heteroatoms. The second-order valence-corrected chi connectivity index (χ2v) is 12.0. The van der Waals surface area contributed by atoms with Crippen molar-refractivity contribution >= 4 is 37.2 Å².